The van der Waals surface area contributed by atoms with Crippen molar-refractivity contribution in [3.8, 4) is 5.75 Å². The first kappa shape index (κ1) is 12.8. The first-order valence-corrected chi connectivity index (χ1v) is 5.85. The van der Waals surface area contributed by atoms with Crippen LogP contribution in [0.4, 0.5) is 4.39 Å². The molecule has 0 aliphatic carbocycles. The number of aliphatic hydroxyl groups excluding tert-OH is 1. The van der Waals surface area contributed by atoms with Crippen LogP contribution in [0, 0.1) is 11.7 Å². The Labute approximate surface area is 105 Å². The predicted octanol–water partition coefficient (Wildman–Crippen LogP) is 1.18. The largest absolute Gasteiger partial charge is 0.496 e. The van der Waals surface area contributed by atoms with E-state index in [0.29, 0.717) is 25.3 Å². The fraction of sp³-hybridized carbons (Fsp3) is 0.462. The van der Waals surface area contributed by atoms with Gasteiger partial charge < -0.3 is 14.7 Å². The first-order valence-electron chi connectivity index (χ1n) is 5.85. The highest BCUT2D eigenvalue weighted by Crippen LogP contribution is 2.25. The van der Waals surface area contributed by atoms with Crippen molar-refractivity contribution < 1.29 is 19.0 Å². The molecule has 98 valence electrons. The quantitative estimate of drug-likeness (QED) is 0.876. The smallest absolute Gasteiger partial charge is 0.223 e. The summed E-state index contributed by atoms with van der Waals surface area (Å²) >= 11 is 0. The Hall–Kier alpha value is -1.62. The van der Waals surface area contributed by atoms with Gasteiger partial charge in [0.2, 0.25) is 5.91 Å². The minimum Gasteiger partial charge on any atom is -0.496 e. The lowest BCUT2D eigenvalue weighted by atomic mass is 10.1. The lowest BCUT2D eigenvalue weighted by Gasteiger charge is -2.18. The van der Waals surface area contributed by atoms with Crippen LogP contribution < -0.4 is 4.74 Å². The van der Waals surface area contributed by atoms with Gasteiger partial charge >= 0.3 is 0 Å². The number of hydrogen-bond donors (Lipinski definition) is 1. The van der Waals surface area contributed by atoms with Gasteiger partial charge in [0, 0.05) is 43.7 Å². The molecule has 1 fully saturated rings. The zero-order chi connectivity index (χ0) is 13.1. The van der Waals surface area contributed by atoms with Gasteiger partial charge in [-0.3, -0.25) is 4.79 Å². The van der Waals surface area contributed by atoms with E-state index in [1.807, 2.05) is 0 Å². The van der Waals surface area contributed by atoms with E-state index in [9.17, 15) is 9.18 Å². The molecule has 0 bridgehead atoms. The van der Waals surface area contributed by atoms with Gasteiger partial charge in [-0.05, 0) is 6.07 Å². The molecule has 1 amide bonds. The van der Waals surface area contributed by atoms with Gasteiger partial charge in [-0.15, -0.1) is 0 Å². The molecule has 2 rings (SSSR count). The Kier molecular flexibility index (Phi) is 3.81. The Morgan fingerprint density at radius 3 is 2.94 bits per heavy atom. The Bertz CT molecular complexity index is 450. The summed E-state index contributed by atoms with van der Waals surface area (Å²) in [5.74, 6) is 0.0937. The van der Waals surface area contributed by atoms with Crippen LogP contribution in [0.2, 0.25) is 0 Å². The van der Waals surface area contributed by atoms with E-state index < -0.39 is 0 Å². The van der Waals surface area contributed by atoms with Crippen molar-refractivity contribution in [2.75, 3.05) is 20.3 Å². The summed E-state index contributed by atoms with van der Waals surface area (Å²) in [6, 6.07) is 4.27. The van der Waals surface area contributed by atoms with E-state index >= 15 is 0 Å². The SMILES string of the molecule is COc1cc(F)ccc1CN1CC(CO)CC1=O. The average Bonchev–Trinajstić information content (AvgIpc) is 2.72. The van der Waals surface area contributed by atoms with Gasteiger partial charge in [0.05, 0.1) is 7.11 Å². The van der Waals surface area contributed by atoms with Gasteiger partial charge in [-0.1, -0.05) is 6.07 Å². The van der Waals surface area contributed by atoms with Crippen LogP contribution in [0.25, 0.3) is 0 Å². The molecule has 0 radical (unpaired) electrons. The van der Waals surface area contributed by atoms with E-state index in [1.54, 1.807) is 11.0 Å². The predicted molar refractivity (Wildman–Crippen MR) is 63.6 cm³/mol. The summed E-state index contributed by atoms with van der Waals surface area (Å²) in [7, 11) is 1.47. The molecule has 1 atom stereocenters. The molecule has 1 aromatic rings. The molecule has 1 unspecified atom stereocenters. The molecule has 4 nitrogen and oxygen atoms in total. The maximum atomic E-state index is 13.0. The van der Waals surface area contributed by atoms with Crippen molar-refractivity contribution in [2.45, 2.75) is 13.0 Å². The van der Waals surface area contributed by atoms with Crippen LogP contribution in [-0.2, 0) is 11.3 Å². The maximum Gasteiger partial charge on any atom is 0.223 e. The second-order valence-electron chi connectivity index (χ2n) is 4.48. The summed E-state index contributed by atoms with van der Waals surface area (Å²) in [5.41, 5.74) is 0.769. The molecule has 1 saturated heterocycles. The third kappa shape index (κ3) is 2.61. The molecule has 0 aromatic heterocycles. The number of carbonyl (C=O) groups excluding carboxylic acids is 1. The number of likely N-dealkylation sites (tertiary alicyclic amines) is 1. The highest BCUT2D eigenvalue weighted by molar-refractivity contribution is 5.78. The molecule has 0 saturated carbocycles. The zero-order valence-corrected chi connectivity index (χ0v) is 10.2. The summed E-state index contributed by atoms with van der Waals surface area (Å²) in [6.45, 7) is 0.942. The molecule has 0 spiro atoms. The monoisotopic (exact) mass is 253 g/mol. The van der Waals surface area contributed by atoms with Gasteiger partial charge in [0.1, 0.15) is 11.6 Å². The highest BCUT2D eigenvalue weighted by atomic mass is 19.1. The first-order chi connectivity index (χ1) is 8.63. The fourth-order valence-corrected chi connectivity index (χ4v) is 2.18. The number of methoxy groups -OCH3 is 1. The number of nitrogens with zero attached hydrogens (tertiary/aromatic N) is 1. The fourth-order valence-electron chi connectivity index (χ4n) is 2.18. The Balaban J connectivity index is 2.12. The van der Waals surface area contributed by atoms with Crippen LogP contribution in [0.1, 0.15) is 12.0 Å². The highest BCUT2D eigenvalue weighted by Gasteiger charge is 2.29. The maximum absolute atomic E-state index is 13.0. The molecule has 1 aliphatic rings. The van der Waals surface area contributed by atoms with Crippen molar-refractivity contribution in [1.29, 1.82) is 0 Å². The molecule has 1 aromatic carbocycles. The van der Waals surface area contributed by atoms with Crippen molar-refractivity contribution in [2.24, 2.45) is 5.92 Å². The topological polar surface area (TPSA) is 49.8 Å². The van der Waals surface area contributed by atoms with Crippen LogP contribution in [0.3, 0.4) is 0 Å². The molecule has 1 heterocycles. The molecule has 18 heavy (non-hydrogen) atoms. The van der Waals surface area contributed by atoms with Gasteiger partial charge in [0.15, 0.2) is 0 Å². The molecular weight excluding hydrogens is 237 g/mol. The van der Waals surface area contributed by atoms with Gasteiger partial charge in [-0.2, -0.15) is 0 Å². The van der Waals surface area contributed by atoms with E-state index in [4.69, 9.17) is 9.84 Å². The lowest BCUT2D eigenvalue weighted by Crippen LogP contribution is -2.25. The van der Waals surface area contributed by atoms with E-state index in [2.05, 4.69) is 0 Å². The number of hydrogen-bond acceptors (Lipinski definition) is 3. The van der Waals surface area contributed by atoms with E-state index in [1.165, 1.54) is 19.2 Å². The molecular formula is C13H16FNO3. The standard InChI is InChI=1S/C13H16FNO3/c1-18-12-5-11(14)3-2-10(12)7-15-6-9(8-16)4-13(15)17/h2-3,5,9,16H,4,6-8H2,1H3. The summed E-state index contributed by atoms with van der Waals surface area (Å²) in [5, 5.41) is 9.05. The van der Waals surface area contributed by atoms with E-state index in [-0.39, 0.29) is 24.2 Å². The second kappa shape index (κ2) is 5.35. The number of amides is 1. The third-order valence-corrected chi connectivity index (χ3v) is 3.16. The summed E-state index contributed by atoms with van der Waals surface area (Å²) in [4.78, 5) is 13.4. The molecule has 1 N–H and O–H groups in total. The average molecular weight is 253 g/mol. The Morgan fingerprint density at radius 1 is 1.56 bits per heavy atom. The number of ether oxygens (including phenoxy) is 1. The number of carbonyl (C=O) groups is 1. The Morgan fingerprint density at radius 2 is 2.33 bits per heavy atom. The molecule has 5 heteroatoms. The summed E-state index contributed by atoms with van der Waals surface area (Å²) in [6.07, 6.45) is 0.375. The second-order valence-corrected chi connectivity index (χ2v) is 4.48. The van der Waals surface area contributed by atoms with E-state index in [0.717, 1.165) is 5.56 Å². The third-order valence-electron chi connectivity index (χ3n) is 3.16. The van der Waals surface area contributed by atoms with Crippen molar-refractivity contribution >= 4 is 5.91 Å². The van der Waals surface area contributed by atoms with Crippen molar-refractivity contribution in [3.05, 3.63) is 29.6 Å². The number of aliphatic hydroxyl groups is 1. The minimum absolute atomic E-state index is 0.00365. The van der Waals surface area contributed by atoms with Crippen molar-refractivity contribution in [1.82, 2.24) is 4.90 Å². The van der Waals surface area contributed by atoms with Crippen LogP contribution >= 0.6 is 0 Å². The zero-order valence-electron chi connectivity index (χ0n) is 10.2. The van der Waals surface area contributed by atoms with Gasteiger partial charge in [0.25, 0.3) is 0 Å². The van der Waals surface area contributed by atoms with Crippen molar-refractivity contribution in [3.63, 3.8) is 0 Å². The van der Waals surface area contributed by atoms with Gasteiger partial charge in [-0.25, -0.2) is 4.39 Å². The summed E-state index contributed by atoms with van der Waals surface area (Å²) < 4.78 is 18.1. The number of benzene rings is 1. The van der Waals surface area contributed by atoms with Crippen LogP contribution in [0.15, 0.2) is 18.2 Å². The normalized spacial score (nSPS) is 19.4. The lowest BCUT2D eigenvalue weighted by molar-refractivity contribution is -0.128. The number of rotatable bonds is 4. The minimum atomic E-state index is -0.364. The molecule has 1 aliphatic heterocycles. The van der Waals surface area contributed by atoms with Crippen LogP contribution in [0.5, 0.6) is 5.75 Å². The number of halogens is 1. The van der Waals surface area contributed by atoms with Crippen LogP contribution in [-0.4, -0.2) is 36.2 Å².